The van der Waals surface area contributed by atoms with E-state index in [1.54, 1.807) is 0 Å². The van der Waals surface area contributed by atoms with Crippen LogP contribution in [0.2, 0.25) is 0 Å². The lowest BCUT2D eigenvalue weighted by atomic mass is 10.1. The van der Waals surface area contributed by atoms with E-state index in [1.165, 1.54) is 0 Å². The molecule has 6 heteroatoms. The summed E-state index contributed by atoms with van der Waals surface area (Å²) >= 11 is 0. The van der Waals surface area contributed by atoms with Crippen molar-refractivity contribution in [1.29, 1.82) is 0 Å². The Morgan fingerprint density at radius 1 is 1.33 bits per heavy atom. The van der Waals surface area contributed by atoms with Gasteiger partial charge in [-0.05, 0) is 53.5 Å². The highest BCUT2D eigenvalue weighted by molar-refractivity contribution is 5.63. The van der Waals surface area contributed by atoms with Crippen molar-refractivity contribution in [2.45, 2.75) is 33.7 Å². The first kappa shape index (κ1) is 15.4. The van der Waals surface area contributed by atoms with Crippen LogP contribution < -0.4 is 5.73 Å². The van der Waals surface area contributed by atoms with Gasteiger partial charge in [0.05, 0.1) is 0 Å². The molecule has 1 heterocycles. The quantitative estimate of drug-likeness (QED) is 0.625. The summed E-state index contributed by atoms with van der Waals surface area (Å²) in [5, 5.41) is 12.0. The zero-order valence-electron chi connectivity index (χ0n) is 12.9. The summed E-state index contributed by atoms with van der Waals surface area (Å²) in [6.07, 6.45) is 0.888. The van der Waals surface area contributed by atoms with Gasteiger partial charge in [0.25, 0.3) is 0 Å². The molecule has 6 nitrogen and oxygen atoms in total. The molecule has 0 amide bonds. The number of ether oxygens (including phenoxy) is 1. The van der Waals surface area contributed by atoms with Crippen molar-refractivity contribution in [1.82, 2.24) is 20.2 Å². The average molecular weight is 289 g/mol. The third-order valence-corrected chi connectivity index (χ3v) is 3.13. The zero-order valence-corrected chi connectivity index (χ0v) is 12.9. The third-order valence-electron chi connectivity index (χ3n) is 3.13. The Balaban J connectivity index is 1.98. The Morgan fingerprint density at radius 3 is 2.86 bits per heavy atom. The molecule has 0 aliphatic rings. The number of nitrogens with zero attached hydrogens (tertiary/aromatic N) is 4. The van der Waals surface area contributed by atoms with Gasteiger partial charge in [0, 0.05) is 31.0 Å². The van der Waals surface area contributed by atoms with Crippen LogP contribution in [0.1, 0.15) is 25.8 Å². The molecular formula is C15H23N5O. The topological polar surface area (TPSA) is 78.9 Å². The molecule has 0 spiro atoms. The Labute approximate surface area is 125 Å². The van der Waals surface area contributed by atoms with E-state index in [4.69, 9.17) is 10.5 Å². The van der Waals surface area contributed by atoms with Crippen molar-refractivity contribution in [2.24, 2.45) is 5.92 Å². The van der Waals surface area contributed by atoms with Crippen LogP contribution in [-0.4, -0.2) is 33.4 Å². The van der Waals surface area contributed by atoms with Crippen molar-refractivity contribution in [3.05, 3.63) is 23.8 Å². The van der Waals surface area contributed by atoms with E-state index in [0.717, 1.165) is 48.8 Å². The summed E-state index contributed by atoms with van der Waals surface area (Å²) in [5.74, 6) is 1.34. The molecule has 2 rings (SSSR count). The van der Waals surface area contributed by atoms with Crippen molar-refractivity contribution >= 4 is 5.69 Å². The van der Waals surface area contributed by atoms with E-state index < -0.39 is 0 Å². The molecule has 0 fully saturated rings. The highest BCUT2D eigenvalue weighted by atomic mass is 16.5. The molecule has 0 aliphatic heterocycles. The smallest absolute Gasteiger partial charge is 0.182 e. The van der Waals surface area contributed by atoms with Gasteiger partial charge >= 0.3 is 0 Å². The van der Waals surface area contributed by atoms with Crippen LogP contribution in [0.3, 0.4) is 0 Å². The van der Waals surface area contributed by atoms with E-state index in [-0.39, 0.29) is 0 Å². The van der Waals surface area contributed by atoms with Gasteiger partial charge in [-0.2, -0.15) is 0 Å². The maximum Gasteiger partial charge on any atom is 0.182 e. The standard InChI is InChI=1S/C15H23N5O/c1-11(2)10-21-8-4-7-20-15(17-18-19-20)14-6-5-13(16)9-12(14)3/h5-6,9,11H,4,7-8,10,16H2,1-3H3. The first-order valence-corrected chi connectivity index (χ1v) is 7.28. The highest BCUT2D eigenvalue weighted by Crippen LogP contribution is 2.22. The summed E-state index contributed by atoms with van der Waals surface area (Å²) in [6, 6.07) is 5.76. The van der Waals surface area contributed by atoms with Crippen LogP contribution in [0.15, 0.2) is 18.2 Å². The summed E-state index contributed by atoms with van der Waals surface area (Å²) < 4.78 is 7.40. The fraction of sp³-hybridized carbons (Fsp3) is 0.533. The minimum atomic E-state index is 0.561. The van der Waals surface area contributed by atoms with Gasteiger partial charge in [0.15, 0.2) is 5.82 Å². The van der Waals surface area contributed by atoms with E-state index in [2.05, 4.69) is 29.4 Å². The number of anilines is 1. The Morgan fingerprint density at radius 2 is 2.14 bits per heavy atom. The number of aromatic nitrogens is 4. The van der Waals surface area contributed by atoms with Crippen LogP contribution in [0.4, 0.5) is 5.69 Å². The molecule has 0 saturated heterocycles. The lowest BCUT2D eigenvalue weighted by molar-refractivity contribution is 0.105. The molecule has 2 N–H and O–H groups in total. The number of nitrogen functional groups attached to an aromatic ring is 1. The predicted molar refractivity (Wildman–Crippen MR) is 82.7 cm³/mol. The Kier molecular flexibility index (Phi) is 5.27. The molecule has 21 heavy (non-hydrogen) atoms. The van der Waals surface area contributed by atoms with Crippen molar-refractivity contribution in [2.75, 3.05) is 18.9 Å². The van der Waals surface area contributed by atoms with Gasteiger partial charge < -0.3 is 10.5 Å². The monoisotopic (exact) mass is 289 g/mol. The van der Waals surface area contributed by atoms with Crippen molar-refractivity contribution in [3.63, 3.8) is 0 Å². The predicted octanol–water partition coefficient (Wildman–Crippen LogP) is 2.29. The van der Waals surface area contributed by atoms with Gasteiger partial charge in [-0.3, -0.25) is 0 Å². The van der Waals surface area contributed by atoms with Crippen molar-refractivity contribution in [3.8, 4) is 11.4 Å². The second-order valence-corrected chi connectivity index (χ2v) is 5.62. The van der Waals surface area contributed by atoms with Crippen molar-refractivity contribution < 1.29 is 4.74 Å². The first-order valence-electron chi connectivity index (χ1n) is 7.28. The number of nitrogens with two attached hydrogens (primary N) is 1. The molecule has 1 aromatic carbocycles. The molecule has 2 aromatic rings. The lowest BCUT2D eigenvalue weighted by Gasteiger charge is -2.09. The molecular weight excluding hydrogens is 266 g/mol. The second-order valence-electron chi connectivity index (χ2n) is 5.62. The summed E-state index contributed by atoms with van der Waals surface area (Å²) in [4.78, 5) is 0. The molecule has 0 saturated carbocycles. The number of tetrazole rings is 1. The normalized spacial score (nSPS) is 11.2. The minimum Gasteiger partial charge on any atom is -0.399 e. The van der Waals surface area contributed by atoms with Gasteiger partial charge in [-0.25, -0.2) is 4.68 Å². The molecule has 0 unspecified atom stereocenters. The fourth-order valence-corrected chi connectivity index (χ4v) is 2.12. The lowest BCUT2D eigenvalue weighted by Crippen LogP contribution is -2.09. The summed E-state index contributed by atoms with van der Waals surface area (Å²) in [5.41, 5.74) is 8.61. The third kappa shape index (κ3) is 4.26. The van der Waals surface area contributed by atoms with Gasteiger partial charge in [0.1, 0.15) is 0 Å². The van der Waals surface area contributed by atoms with Crippen LogP contribution in [0.5, 0.6) is 0 Å². The SMILES string of the molecule is Cc1cc(N)ccc1-c1nnnn1CCCOCC(C)C. The number of aryl methyl sites for hydroxylation is 2. The van der Waals surface area contributed by atoms with Crippen LogP contribution in [-0.2, 0) is 11.3 Å². The van der Waals surface area contributed by atoms with E-state index in [1.807, 2.05) is 29.8 Å². The molecule has 114 valence electrons. The minimum absolute atomic E-state index is 0.561. The Hall–Kier alpha value is -1.95. The highest BCUT2D eigenvalue weighted by Gasteiger charge is 2.11. The first-order chi connectivity index (χ1) is 10.1. The number of rotatable bonds is 7. The maximum absolute atomic E-state index is 5.78. The Bertz CT molecular complexity index is 579. The van der Waals surface area contributed by atoms with E-state index in [9.17, 15) is 0 Å². The van der Waals surface area contributed by atoms with Crippen LogP contribution in [0.25, 0.3) is 11.4 Å². The molecule has 0 atom stereocenters. The van der Waals surface area contributed by atoms with E-state index >= 15 is 0 Å². The van der Waals surface area contributed by atoms with Gasteiger partial charge in [-0.1, -0.05) is 13.8 Å². The number of benzene rings is 1. The van der Waals surface area contributed by atoms with Crippen LogP contribution >= 0.6 is 0 Å². The maximum atomic E-state index is 5.78. The molecule has 0 radical (unpaired) electrons. The number of hydrogen-bond acceptors (Lipinski definition) is 5. The number of hydrogen-bond donors (Lipinski definition) is 1. The summed E-state index contributed by atoms with van der Waals surface area (Å²) in [6.45, 7) is 8.55. The molecule has 0 aliphatic carbocycles. The largest absolute Gasteiger partial charge is 0.399 e. The van der Waals surface area contributed by atoms with Crippen LogP contribution in [0, 0.1) is 12.8 Å². The van der Waals surface area contributed by atoms with E-state index in [0.29, 0.717) is 5.92 Å². The zero-order chi connectivity index (χ0) is 15.2. The van der Waals surface area contributed by atoms with Gasteiger partial charge in [-0.15, -0.1) is 5.10 Å². The fourth-order valence-electron chi connectivity index (χ4n) is 2.12. The average Bonchev–Trinajstić information content (AvgIpc) is 2.86. The molecule has 0 bridgehead atoms. The van der Waals surface area contributed by atoms with Gasteiger partial charge in [0.2, 0.25) is 0 Å². The molecule has 1 aromatic heterocycles. The second kappa shape index (κ2) is 7.17. The summed E-state index contributed by atoms with van der Waals surface area (Å²) in [7, 11) is 0.